The first-order valence-corrected chi connectivity index (χ1v) is 12.7. The highest BCUT2D eigenvalue weighted by molar-refractivity contribution is 5.35. The quantitative estimate of drug-likeness (QED) is 0.413. The standard InChI is InChI=1S/C29H39N3O3/c1-23-9-10-28(25(3)17-23)35-22-29(33)11-5-13-31(15-12-29)21-26-7-4-8-27(18-26)34-16-6-14-32-20-24(2)19-30-32/h4,7-10,17-20,33H,5-6,11-16,21-22H2,1-3H3/t29-/m1/s1. The third-order valence-corrected chi connectivity index (χ3v) is 6.70. The molecule has 1 N–H and O–H groups in total. The highest BCUT2D eigenvalue weighted by Crippen LogP contribution is 2.27. The van der Waals surface area contributed by atoms with Crippen LogP contribution >= 0.6 is 0 Å². The van der Waals surface area contributed by atoms with Crippen LogP contribution in [0.2, 0.25) is 0 Å². The van der Waals surface area contributed by atoms with E-state index in [0.29, 0.717) is 19.6 Å². The molecule has 0 amide bonds. The van der Waals surface area contributed by atoms with Crippen LogP contribution in [0.15, 0.2) is 54.9 Å². The van der Waals surface area contributed by atoms with Crippen molar-refractivity contribution in [2.45, 2.75) is 65.1 Å². The van der Waals surface area contributed by atoms with Gasteiger partial charge in [0.2, 0.25) is 0 Å². The van der Waals surface area contributed by atoms with E-state index in [1.54, 1.807) is 0 Å². The number of hydrogen-bond donors (Lipinski definition) is 1. The summed E-state index contributed by atoms with van der Waals surface area (Å²) in [5.74, 6) is 1.77. The Morgan fingerprint density at radius 1 is 1.00 bits per heavy atom. The van der Waals surface area contributed by atoms with Crippen LogP contribution in [0, 0.1) is 20.8 Å². The normalized spacial score (nSPS) is 18.9. The van der Waals surface area contributed by atoms with E-state index in [2.05, 4.69) is 67.3 Å². The third-order valence-electron chi connectivity index (χ3n) is 6.70. The molecule has 1 aliphatic rings. The van der Waals surface area contributed by atoms with E-state index in [9.17, 15) is 5.11 Å². The van der Waals surface area contributed by atoms with Crippen molar-refractivity contribution in [3.8, 4) is 11.5 Å². The molecule has 2 heterocycles. The first-order chi connectivity index (χ1) is 16.9. The third kappa shape index (κ3) is 7.58. The summed E-state index contributed by atoms with van der Waals surface area (Å²) in [5, 5.41) is 15.5. The Balaban J connectivity index is 1.23. The van der Waals surface area contributed by atoms with Crippen molar-refractivity contribution in [2.75, 3.05) is 26.3 Å². The Hall–Kier alpha value is -2.83. The molecule has 1 aromatic heterocycles. The molecule has 0 bridgehead atoms. The van der Waals surface area contributed by atoms with Gasteiger partial charge in [0.1, 0.15) is 18.1 Å². The van der Waals surface area contributed by atoms with E-state index in [4.69, 9.17) is 9.47 Å². The van der Waals surface area contributed by atoms with Gasteiger partial charge in [-0.25, -0.2) is 0 Å². The monoisotopic (exact) mass is 477 g/mol. The first-order valence-electron chi connectivity index (χ1n) is 12.7. The van der Waals surface area contributed by atoms with E-state index in [-0.39, 0.29) is 0 Å². The fourth-order valence-electron chi connectivity index (χ4n) is 4.71. The van der Waals surface area contributed by atoms with Crippen molar-refractivity contribution >= 4 is 0 Å². The molecule has 0 unspecified atom stereocenters. The maximum atomic E-state index is 11.2. The van der Waals surface area contributed by atoms with Crippen LogP contribution in [0.5, 0.6) is 11.5 Å². The van der Waals surface area contributed by atoms with E-state index in [1.165, 1.54) is 16.7 Å². The van der Waals surface area contributed by atoms with Crippen molar-refractivity contribution in [1.29, 1.82) is 0 Å². The summed E-state index contributed by atoms with van der Waals surface area (Å²) in [7, 11) is 0. The molecular weight excluding hydrogens is 438 g/mol. The molecule has 2 aromatic carbocycles. The number of nitrogens with zero attached hydrogens (tertiary/aromatic N) is 3. The van der Waals surface area contributed by atoms with Crippen LogP contribution < -0.4 is 9.47 Å². The van der Waals surface area contributed by atoms with Crippen LogP contribution in [0.4, 0.5) is 0 Å². The van der Waals surface area contributed by atoms with Crippen molar-refractivity contribution in [3.05, 3.63) is 77.1 Å². The lowest BCUT2D eigenvalue weighted by Crippen LogP contribution is -2.37. The predicted octanol–water partition coefficient (Wildman–Crippen LogP) is 5.07. The van der Waals surface area contributed by atoms with Gasteiger partial charge in [0.25, 0.3) is 0 Å². The summed E-state index contributed by atoms with van der Waals surface area (Å²) >= 11 is 0. The van der Waals surface area contributed by atoms with Gasteiger partial charge < -0.3 is 14.6 Å². The second kappa shape index (κ2) is 11.7. The van der Waals surface area contributed by atoms with Gasteiger partial charge in [0.05, 0.1) is 18.4 Å². The second-order valence-corrected chi connectivity index (χ2v) is 10.0. The molecule has 0 saturated carbocycles. The molecule has 1 fully saturated rings. The molecule has 1 aliphatic heterocycles. The molecular formula is C29H39N3O3. The average Bonchev–Trinajstić information content (AvgIpc) is 3.16. The van der Waals surface area contributed by atoms with Gasteiger partial charge in [-0.1, -0.05) is 29.8 Å². The number of rotatable bonds is 10. The summed E-state index contributed by atoms with van der Waals surface area (Å²) in [5.41, 5.74) is 3.96. The molecule has 3 aromatic rings. The summed E-state index contributed by atoms with van der Waals surface area (Å²) < 4.78 is 14.0. The average molecular weight is 478 g/mol. The number of likely N-dealkylation sites (tertiary alicyclic amines) is 1. The molecule has 1 saturated heterocycles. The van der Waals surface area contributed by atoms with Crippen LogP contribution in [-0.2, 0) is 13.1 Å². The van der Waals surface area contributed by atoms with E-state index in [0.717, 1.165) is 62.5 Å². The van der Waals surface area contributed by atoms with E-state index >= 15 is 0 Å². The highest BCUT2D eigenvalue weighted by atomic mass is 16.5. The molecule has 6 nitrogen and oxygen atoms in total. The van der Waals surface area contributed by atoms with E-state index < -0.39 is 5.60 Å². The largest absolute Gasteiger partial charge is 0.494 e. The van der Waals surface area contributed by atoms with Crippen molar-refractivity contribution in [2.24, 2.45) is 0 Å². The Labute approximate surface area is 209 Å². The Morgan fingerprint density at radius 3 is 2.69 bits per heavy atom. The smallest absolute Gasteiger partial charge is 0.122 e. The van der Waals surface area contributed by atoms with Gasteiger partial charge >= 0.3 is 0 Å². The highest BCUT2D eigenvalue weighted by Gasteiger charge is 2.31. The van der Waals surface area contributed by atoms with Gasteiger partial charge in [0, 0.05) is 32.3 Å². The summed E-state index contributed by atoms with van der Waals surface area (Å²) in [6.45, 7) is 10.7. The number of benzene rings is 2. The van der Waals surface area contributed by atoms with Crippen LogP contribution in [-0.4, -0.2) is 51.7 Å². The summed E-state index contributed by atoms with van der Waals surface area (Å²) in [6.07, 6.45) is 7.27. The maximum Gasteiger partial charge on any atom is 0.122 e. The van der Waals surface area contributed by atoms with Crippen LogP contribution in [0.25, 0.3) is 0 Å². The first kappa shape index (κ1) is 25.3. The molecule has 35 heavy (non-hydrogen) atoms. The SMILES string of the molecule is Cc1ccc(OC[C@@]2(O)CCCN(Cc3cccc(OCCCn4cc(C)cn4)c3)CC2)c(C)c1. The minimum atomic E-state index is -0.788. The van der Waals surface area contributed by atoms with Gasteiger partial charge in [-0.3, -0.25) is 9.58 Å². The van der Waals surface area contributed by atoms with Crippen molar-refractivity contribution in [3.63, 3.8) is 0 Å². The molecule has 0 radical (unpaired) electrons. The summed E-state index contributed by atoms with van der Waals surface area (Å²) in [4.78, 5) is 2.42. The molecule has 1 atom stereocenters. The van der Waals surface area contributed by atoms with E-state index in [1.807, 2.05) is 23.0 Å². The molecule has 0 spiro atoms. The van der Waals surface area contributed by atoms with Crippen molar-refractivity contribution < 1.29 is 14.6 Å². The van der Waals surface area contributed by atoms with Gasteiger partial charge in [-0.15, -0.1) is 0 Å². The number of aliphatic hydroxyl groups is 1. The lowest BCUT2D eigenvalue weighted by molar-refractivity contribution is -0.0170. The lowest BCUT2D eigenvalue weighted by Gasteiger charge is -2.27. The zero-order valence-electron chi connectivity index (χ0n) is 21.4. The topological polar surface area (TPSA) is 59.8 Å². The Bertz CT molecular complexity index is 1100. The molecule has 0 aliphatic carbocycles. The lowest BCUT2D eigenvalue weighted by atomic mass is 9.96. The number of ether oxygens (including phenoxy) is 2. The van der Waals surface area contributed by atoms with Crippen LogP contribution in [0.3, 0.4) is 0 Å². The zero-order chi connectivity index (χ0) is 24.7. The zero-order valence-corrected chi connectivity index (χ0v) is 21.4. The Morgan fingerprint density at radius 2 is 1.89 bits per heavy atom. The summed E-state index contributed by atoms with van der Waals surface area (Å²) in [6, 6.07) is 14.6. The van der Waals surface area contributed by atoms with Crippen LogP contribution in [0.1, 0.15) is 47.9 Å². The predicted molar refractivity (Wildman–Crippen MR) is 139 cm³/mol. The van der Waals surface area contributed by atoms with Gasteiger partial charge in [-0.2, -0.15) is 5.10 Å². The van der Waals surface area contributed by atoms with Crippen molar-refractivity contribution in [1.82, 2.24) is 14.7 Å². The molecule has 4 rings (SSSR count). The van der Waals surface area contributed by atoms with Gasteiger partial charge in [0.15, 0.2) is 0 Å². The fraction of sp³-hybridized carbons (Fsp3) is 0.483. The molecule has 6 heteroatoms. The number of aryl methyl sites for hydroxylation is 4. The minimum absolute atomic E-state index is 0.339. The fourth-order valence-corrected chi connectivity index (χ4v) is 4.71. The van der Waals surface area contributed by atoms with Gasteiger partial charge in [-0.05, 0) is 81.5 Å². The maximum absolute atomic E-state index is 11.2. The minimum Gasteiger partial charge on any atom is -0.494 e. The second-order valence-electron chi connectivity index (χ2n) is 10.0. The molecule has 188 valence electrons. The Kier molecular flexibility index (Phi) is 8.47. The number of hydrogen-bond acceptors (Lipinski definition) is 5. The number of aromatic nitrogens is 2.